The second-order valence-corrected chi connectivity index (χ2v) is 7.65. The third kappa shape index (κ3) is 4.83. The zero-order valence-electron chi connectivity index (χ0n) is 13.0. The zero-order chi connectivity index (χ0) is 19.0. The summed E-state index contributed by atoms with van der Waals surface area (Å²) in [6, 6.07) is 4.32. The topological polar surface area (TPSA) is 74.7 Å². The van der Waals surface area contributed by atoms with Crippen LogP contribution in [0.3, 0.4) is 0 Å². The first-order chi connectivity index (χ1) is 11.4. The monoisotopic (exact) mass is 423 g/mol. The lowest BCUT2D eigenvalue weighted by atomic mass is 9.96. The molecule has 26 heavy (non-hydrogen) atoms. The van der Waals surface area contributed by atoms with Crippen molar-refractivity contribution in [1.29, 1.82) is 0 Å². The Morgan fingerprint density at radius 3 is 2.12 bits per heavy atom. The van der Waals surface area contributed by atoms with Crippen LogP contribution in [0.5, 0.6) is 0 Å². The minimum absolute atomic E-state index is 0. The van der Waals surface area contributed by atoms with Crippen LogP contribution in [0.25, 0.3) is 0 Å². The largest absolute Gasteiger partial charge is 0.481 e. The molecule has 1 aromatic carbocycles. The lowest BCUT2D eigenvalue weighted by molar-refractivity contribution is -0.188. The molecule has 0 amide bonds. The van der Waals surface area contributed by atoms with Crippen molar-refractivity contribution in [2.24, 2.45) is 11.8 Å². The van der Waals surface area contributed by atoms with E-state index in [-0.39, 0.29) is 25.5 Å². The Bertz CT molecular complexity index is 739. The maximum atomic E-state index is 12.9. The van der Waals surface area contributed by atoms with E-state index in [1.807, 2.05) is 0 Å². The van der Waals surface area contributed by atoms with Gasteiger partial charge < -0.3 is 5.11 Å². The van der Waals surface area contributed by atoms with Crippen LogP contribution in [0.4, 0.5) is 22.0 Å². The Kier molecular flexibility index (Phi) is 6.99. The number of aliphatic carboxylic acids is 1. The van der Waals surface area contributed by atoms with E-state index in [4.69, 9.17) is 5.11 Å². The maximum Gasteiger partial charge on any atom is 0.393 e. The number of halogens is 6. The number of hydrogen-bond donors (Lipinski definition) is 1. The van der Waals surface area contributed by atoms with Crippen molar-refractivity contribution in [3.8, 4) is 0 Å². The molecule has 0 aromatic heterocycles. The van der Waals surface area contributed by atoms with Crippen molar-refractivity contribution in [2.75, 3.05) is 13.1 Å². The fraction of sp³-hybridized carbons (Fsp3) is 0.500. The summed E-state index contributed by atoms with van der Waals surface area (Å²) in [5, 5.41) is 8.94. The number of sulfone groups is 1. The molecule has 1 aliphatic rings. The van der Waals surface area contributed by atoms with Gasteiger partial charge in [-0.25, -0.2) is 8.42 Å². The predicted molar refractivity (Wildman–Crippen MR) is 82.8 cm³/mol. The highest BCUT2D eigenvalue weighted by molar-refractivity contribution is 7.91. The summed E-state index contributed by atoms with van der Waals surface area (Å²) in [4.78, 5) is 11.7. The molecule has 5 nitrogen and oxygen atoms in total. The third-order valence-electron chi connectivity index (χ3n) is 4.03. The Hall–Kier alpha value is -1.46. The van der Waals surface area contributed by atoms with Gasteiger partial charge in [0.1, 0.15) is 0 Å². The van der Waals surface area contributed by atoms with Crippen LogP contribution in [0.15, 0.2) is 29.2 Å². The Morgan fingerprint density at radius 2 is 1.73 bits per heavy atom. The van der Waals surface area contributed by atoms with E-state index < -0.39 is 51.0 Å². The van der Waals surface area contributed by atoms with E-state index in [1.165, 1.54) is 17.0 Å². The summed E-state index contributed by atoms with van der Waals surface area (Å²) in [6.45, 7) is -0.862. The van der Waals surface area contributed by atoms with Gasteiger partial charge in [0.2, 0.25) is 9.84 Å². The highest BCUT2D eigenvalue weighted by Gasteiger charge is 2.52. The quantitative estimate of drug-likeness (QED) is 0.737. The Balaban J connectivity index is 0.00000338. The number of alkyl halides is 5. The van der Waals surface area contributed by atoms with Crippen LogP contribution in [0.2, 0.25) is 0 Å². The van der Waals surface area contributed by atoms with E-state index in [0.717, 1.165) is 12.1 Å². The van der Waals surface area contributed by atoms with E-state index in [9.17, 15) is 35.2 Å². The normalized spacial score (nSPS) is 21.6. The summed E-state index contributed by atoms with van der Waals surface area (Å²) in [5.41, 5.74) is 0.389. The number of carboxylic acids is 1. The summed E-state index contributed by atoms with van der Waals surface area (Å²) >= 11 is 0. The Labute approximate surface area is 152 Å². The third-order valence-corrected chi connectivity index (χ3v) is 5.42. The van der Waals surface area contributed by atoms with Crippen LogP contribution in [-0.4, -0.2) is 49.4 Å². The van der Waals surface area contributed by atoms with Crippen LogP contribution in [0, 0.1) is 11.8 Å². The number of benzene rings is 1. The smallest absolute Gasteiger partial charge is 0.393 e. The molecule has 1 aromatic rings. The van der Waals surface area contributed by atoms with Gasteiger partial charge >= 0.3 is 17.9 Å². The molecule has 0 saturated carbocycles. The van der Waals surface area contributed by atoms with E-state index in [2.05, 4.69) is 0 Å². The SMILES string of the molecule is Cl.O=C(O)[C@@H]1CN(Cc2ccc(S(=O)(=O)C(F)F)cc2)C[C@H]1C(F)(F)F. The molecule has 12 heteroatoms. The number of rotatable bonds is 5. The first kappa shape index (κ1) is 22.6. The van der Waals surface area contributed by atoms with Crippen LogP contribution in [-0.2, 0) is 21.2 Å². The molecule has 1 N–H and O–H groups in total. The molecule has 148 valence electrons. The highest BCUT2D eigenvalue weighted by atomic mass is 35.5. The zero-order valence-corrected chi connectivity index (χ0v) is 14.6. The average molecular weight is 424 g/mol. The lowest BCUT2D eigenvalue weighted by Crippen LogP contribution is -2.33. The molecule has 0 bridgehead atoms. The van der Waals surface area contributed by atoms with Crippen LogP contribution < -0.4 is 0 Å². The molecular formula is C14H15ClF5NO4S. The molecule has 1 fully saturated rings. The Morgan fingerprint density at radius 1 is 1.19 bits per heavy atom. The minimum Gasteiger partial charge on any atom is -0.481 e. The summed E-state index contributed by atoms with van der Waals surface area (Å²) in [6.07, 6.45) is -4.65. The summed E-state index contributed by atoms with van der Waals surface area (Å²) in [5.74, 6) is -8.69. The predicted octanol–water partition coefficient (Wildman–Crippen LogP) is 2.80. The van der Waals surface area contributed by atoms with Gasteiger partial charge in [-0.15, -0.1) is 12.4 Å². The molecule has 2 atom stereocenters. The minimum atomic E-state index is -4.74. The number of hydrogen-bond acceptors (Lipinski definition) is 4. The molecule has 1 aliphatic heterocycles. The molecule has 0 unspecified atom stereocenters. The number of carbonyl (C=O) groups is 1. The molecule has 1 saturated heterocycles. The van der Waals surface area contributed by atoms with Crippen LogP contribution >= 0.6 is 12.4 Å². The van der Waals surface area contributed by atoms with Crippen molar-refractivity contribution in [3.63, 3.8) is 0 Å². The van der Waals surface area contributed by atoms with Crippen molar-refractivity contribution in [1.82, 2.24) is 4.90 Å². The second kappa shape index (κ2) is 8.05. The van der Waals surface area contributed by atoms with Gasteiger partial charge in [-0.3, -0.25) is 9.69 Å². The first-order valence-corrected chi connectivity index (χ1v) is 8.60. The highest BCUT2D eigenvalue weighted by Crippen LogP contribution is 2.38. The van der Waals surface area contributed by atoms with Crippen molar-refractivity contribution in [2.45, 2.75) is 23.4 Å². The van der Waals surface area contributed by atoms with Gasteiger partial charge in [0.25, 0.3) is 0 Å². The average Bonchev–Trinajstić information content (AvgIpc) is 2.92. The van der Waals surface area contributed by atoms with Gasteiger partial charge in [0.05, 0.1) is 16.7 Å². The lowest BCUT2D eigenvalue weighted by Gasteiger charge is -2.18. The molecule has 0 aliphatic carbocycles. The number of nitrogens with zero attached hydrogens (tertiary/aromatic N) is 1. The summed E-state index contributed by atoms with van der Waals surface area (Å²) in [7, 11) is -4.74. The van der Waals surface area contributed by atoms with Crippen molar-refractivity contribution >= 4 is 28.2 Å². The van der Waals surface area contributed by atoms with E-state index >= 15 is 0 Å². The van der Waals surface area contributed by atoms with Gasteiger partial charge in [0, 0.05) is 19.6 Å². The van der Waals surface area contributed by atoms with Gasteiger partial charge in [0.15, 0.2) is 0 Å². The second-order valence-electron chi connectivity index (χ2n) is 5.74. The maximum absolute atomic E-state index is 12.9. The van der Waals surface area contributed by atoms with E-state index in [0.29, 0.717) is 5.56 Å². The standard InChI is InChI=1S/C14H14F5NO4S.ClH/c15-13(16)25(23,24)9-3-1-8(2-4-9)5-20-6-10(12(21)22)11(7-20)14(17,18)19;/h1-4,10-11,13H,5-7H2,(H,21,22);1H/t10-,11-;/m1./s1. The van der Waals surface area contributed by atoms with Gasteiger partial charge in [-0.2, -0.15) is 22.0 Å². The molecule has 0 spiro atoms. The first-order valence-electron chi connectivity index (χ1n) is 7.06. The molecule has 1 heterocycles. The number of carboxylic acid groups (broad SMARTS) is 1. The fourth-order valence-corrected chi connectivity index (χ4v) is 3.46. The molecular weight excluding hydrogens is 409 g/mol. The van der Waals surface area contributed by atoms with Crippen molar-refractivity contribution < 1.29 is 40.3 Å². The van der Waals surface area contributed by atoms with Crippen molar-refractivity contribution in [3.05, 3.63) is 29.8 Å². The molecule has 2 rings (SSSR count). The summed E-state index contributed by atoms with van der Waals surface area (Å²) < 4.78 is 86.2. The molecule has 0 radical (unpaired) electrons. The van der Waals surface area contributed by atoms with Gasteiger partial charge in [-0.05, 0) is 17.7 Å². The van der Waals surface area contributed by atoms with Crippen LogP contribution in [0.1, 0.15) is 5.56 Å². The fourth-order valence-electron chi connectivity index (χ4n) is 2.74. The van der Waals surface area contributed by atoms with E-state index in [1.54, 1.807) is 0 Å². The van der Waals surface area contributed by atoms with Gasteiger partial charge in [-0.1, -0.05) is 12.1 Å². The number of likely N-dealkylation sites (tertiary alicyclic amines) is 1.